The molecule has 0 radical (unpaired) electrons. The number of nitrogens with zero attached hydrogens (tertiary/aromatic N) is 2. The van der Waals surface area contributed by atoms with Crippen LogP contribution in [0.25, 0.3) is 0 Å². The lowest BCUT2D eigenvalue weighted by Gasteiger charge is -2.26. The molecule has 162 valence electrons. The number of aliphatic imine (C=N–C) groups is 1. The highest BCUT2D eigenvalue weighted by atomic mass is 16.2. The highest BCUT2D eigenvalue weighted by Gasteiger charge is 2.27. The normalized spacial score (nSPS) is 15.8. The monoisotopic (exact) mass is 401 g/mol. The summed E-state index contributed by atoms with van der Waals surface area (Å²) >= 11 is 0. The molecule has 1 aromatic rings. The van der Waals surface area contributed by atoms with Gasteiger partial charge in [-0.2, -0.15) is 0 Å². The molecule has 1 aliphatic heterocycles. The zero-order valence-corrected chi connectivity index (χ0v) is 18.7. The second-order valence-electron chi connectivity index (χ2n) is 8.45. The first-order valence-electron chi connectivity index (χ1n) is 11.0. The van der Waals surface area contributed by atoms with Crippen molar-refractivity contribution in [2.75, 3.05) is 32.7 Å². The van der Waals surface area contributed by atoms with Gasteiger partial charge in [-0.1, -0.05) is 30.7 Å². The molecule has 2 rings (SSSR count). The van der Waals surface area contributed by atoms with Gasteiger partial charge >= 0.3 is 0 Å². The molecular formula is C23H39N5O. The fraction of sp³-hybridized carbons (Fsp3) is 0.652. The molecule has 0 bridgehead atoms. The van der Waals surface area contributed by atoms with Crippen LogP contribution >= 0.6 is 0 Å². The number of benzene rings is 1. The van der Waals surface area contributed by atoms with E-state index in [2.05, 4.69) is 50.1 Å². The summed E-state index contributed by atoms with van der Waals surface area (Å²) in [6, 6.07) is 8.78. The average molecular weight is 402 g/mol. The van der Waals surface area contributed by atoms with Crippen LogP contribution in [0.4, 0.5) is 0 Å². The van der Waals surface area contributed by atoms with Gasteiger partial charge in [-0.05, 0) is 64.8 Å². The van der Waals surface area contributed by atoms with Crippen LogP contribution in [-0.2, 0) is 17.9 Å². The summed E-state index contributed by atoms with van der Waals surface area (Å²) in [7, 11) is 0. The van der Waals surface area contributed by atoms with Crippen LogP contribution in [0.2, 0.25) is 0 Å². The molecule has 0 aromatic heterocycles. The predicted octanol–water partition coefficient (Wildman–Crippen LogP) is 2.89. The molecule has 1 fully saturated rings. The maximum Gasteiger partial charge on any atom is 0.227 e. The average Bonchev–Trinajstić information content (AvgIpc) is 2.72. The van der Waals surface area contributed by atoms with E-state index in [0.717, 1.165) is 19.0 Å². The number of nitrogens with one attached hydrogen (secondary N) is 3. The molecule has 1 heterocycles. The van der Waals surface area contributed by atoms with Gasteiger partial charge in [0.25, 0.3) is 0 Å². The van der Waals surface area contributed by atoms with Crippen molar-refractivity contribution in [1.82, 2.24) is 20.9 Å². The van der Waals surface area contributed by atoms with E-state index in [1.54, 1.807) is 0 Å². The topological polar surface area (TPSA) is 68.8 Å². The molecular weight excluding hydrogens is 362 g/mol. The van der Waals surface area contributed by atoms with Gasteiger partial charge in [0.15, 0.2) is 5.96 Å². The lowest BCUT2D eigenvalue weighted by molar-refractivity contribution is -0.128. The highest BCUT2D eigenvalue weighted by Crippen LogP contribution is 2.15. The first-order valence-corrected chi connectivity index (χ1v) is 11.0. The smallest absolute Gasteiger partial charge is 0.227 e. The Bertz CT molecular complexity index is 648. The van der Waals surface area contributed by atoms with E-state index in [-0.39, 0.29) is 5.91 Å². The third-order valence-electron chi connectivity index (χ3n) is 5.29. The zero-order chi connectivity index (χ0) is 21.1. The van der Waals surface area contributed by atoms with Gasteiger partial charge < -0.3 is 16.0 Å². The van der Waals surface area contributed by atoms with E-state index in [4.69, 9.17) is 0 Å². The SMILES string of the molecule is CCNC(=O)C(C)(C)CNC(=NCc1ccc(CN2CCCCC2)cc1)NCC. The summed E-state index contributed by atoms with van der Waals surface area (Å²) < 4.78 is 0. The number of piperidine rings is 1. The highest BCUT2D eigenvalue weighted by molar-refractivity contribution is 5.84. The van der Waals surface area contributed by atoms with Gasteiger partial charge in [0, 0.05) is 26.2 Å². The Kier molecular flexibility index (Phi) is 9.45. The van der Waals surface area contributed by atoms with E-state index in [0.29, 0.717) is 19.6 Å². The van der Waals surface area contributed by atoms with Crippen LogP contribution in [0.1, 0.15) is 58.1 Å². The maximum absolute atomic E-state index is 12.2. The lowest BCUT2D eigenvalue weighted by atomic mass is 9.92. The number of guanidine groups is 1. The minimum Gasteiger partial charge on any atom is -0.357 e. The summed E-state index contributed by atoms with van der Waals surface area (Å²) in [6.07, 6.45) is 4.02. The Hall–Kier alpha value is -2.08. The Morgan fingerprint density at radius 1 is 0.966 bits per heavy atom. The van der Waals surface area contributed by atoms with E-state index in [1.165, 1.54) is 43.5 Å². The largest absolute Gasteiger partial charge is 0.357 e. The summed E-state index contributed by atoms with van der Waals surface area (Å²) in [5, 5.41) is 9.46. The molecule has 1 aromatic carbocycles. The molecule has 1 saturated heterocycles. The first kappa shape index (κ1) is 23.2. The third-order valence-corrected chi connectivity index (χ3v) is 5.29. The number of hydrogen-bond acceptors (Lipinski definition) is 3. The van der Waals surface area contributed by atoms with Crippen LogP contribution in [0, 0.1) is 5.41 Å². The van der Waals surface area contributed by atoms with Gasteiger partial charge in [0.1, 0.15) is 0 Å². The van der Waals surface area contributed by atoms with Crippen molar-refractivity contribution < 1.29 is 4.79 Å². The van der Waals surface area contributed by atoms with Gasteiger partial charge in [0.2, 0.25) is 5.91 Å². The number of carbonyl (C=O) groups is 1. The molecule has 0 atom stereocenters. The first-order chi connectivity index (χ1) is 13.9. The number of amides is 1. The van der Waals surface area contributed by atoms with Crippen LogP contribution in [0.5, 0.6) is 0 Å². The summed E-state index contributed by atoms with van der Waals surface area (Å²) in [4.78, 5) is 19.4. The Morgan fingerprint density at radius 2 is 1.59 bits per heavy atom. The number of rotatable bonds is 9. The van der Waals surface area contributed by atoms with Crippen LogP contribution in [0.15, 0.2) is 29.3 Å². The minimum atomic E-state index is -0.498. The Labute approximate surface area is 176 Å². The van der Waals surface area contributed by atoms with Crippen molar-refractivity contribution in [2.24, 2.45) is 10.4 Å². The van der Waals surface area contributed by atoms with Crippen LogP contribution in [-0.4, -0.2) is 49.5 Å². The second kappa shape index (κ2) is 11.8. The molecule has 0 unspecified atom stereocenters. The van der Waals surface area contributed by atoms with E-state index >= 15 is 0 Å². The van der Waals surface area contributed by atoms with Crippen molar-refractivity contribution in [2.45, 2.75) is 60.0 Å². The fourth-order valence-electron chi connectivity index (χ4n) is 3.42. The minimum absolute atomic E-state index is 0.0487. The fourth-order valence-corrected chi connectivity index (χ4v) is 3.42. The summed E-state index contributed by atoms with van der Waals surface area (Å²) in [6.45, 7) is 13.9. The van der Waals surface area contributed by atoms with Crippen molar-refractivity contribution in [3.63, 3.8) is 0 Å². The van der Waals surface area contributed by atoms with Crippen LogP contribution in [0.3, 0.4) is 0 Å². The molecule has 0 saturated carbocycles. The molecule has 6 heteroatoms. The van der Waals surface area contributed by atoms with Crippen molar-refractivity contribution in [1.29, 1.82) is 0 Å². The lowest BCUT2D eigenvalue weighted by Crippen LogP contribution is -2.47. The number of likely N-dealkylation sites (tertiary alicyclic amines) is 1. The van der Waals surface area contributed by atoms with Gasteiger partial charge in [-0.3, -0.25) is 9.69 Å². The Balaban J connectivity index is 1.89. The summed E-state index contributed by atoms with van der Waals surface area (Å²) in [5.41, 5.74) is 2.06. The summed E-state index contributed by atoms with van der Waals surface area (Å²) in [5.74, 6) is 0.787. The number of carbonyl (C=O) groups excluding carboxylic acids is 1. The molecule has 0 aliphatic carbocycles. The third kappa shape index (κ3) is 8.05. The molecule has 1 amide bonds. The molecule has 0 spiro atoms. The van der Waals surface area contributed by atoms with E-state index < -0.39 is 5.41 Å². The predicted molar refractivity (Wildman–Crippen MR) is 121 cm³/mol. The zero-order valence-electron chi connectivity index (χ0n) is 18.7. The quantitative estimate of drug-likeness (QED) is 0.440. The van der Waals surface area contributed by atoms with E-state index in [1.807, 2.05) is 27.7 Å². The van der Waals surface area contributed by atoms with Crippen LogP contribution < -0.4 is 16.0 Å². The van der Waals surface area contributed by atoms with Crippen molar-refractivity contribution >= 4 is 11.9 Å². The van der Waals surface area contributed by atoms with Gasteiger partial charge in [0.05, 0.1) is 12.0 Å². The number of hydrogen-bond donors (Lipinski definition) is 3. The second-order valence-corrected chi connectivity index (χ2v) is 8.45. The Morgan fingerprint density at radius 3 is 2.21 bits per heavy atom. The van der Waals surface area contributed by atoms with E-state index in [9.17, 15) is 4.79 Å². The maximum atomic E-state index is 12.2. The van der Waals surface area contributed by atoms with Crippen molar-refractivity contribution in [3.8, 4) is 0 Å². The standard InChI is InChI=1S/C23H39N5O/c1-5-24-21(29)23(3,4)18-27-22(25-6-2)26-16-19-10-12-20(13-11-19)17-28-14-8-7-9-15-28/h10-13H,5-9,14-18H2,1-4H3,(H,24,29)(H2,25,26,27). The van der Waals surface area contributed by atoms with Gasteiger partial charge in [-0.25, -0.2) is 4.99 Å². The molecule has 29 heavy (non-hydrogen) atoms. The molecule has 1 aliphatic rings. The van der Waals surface area contributed by atoms with Crippen molar-refractivity contribution in [3.05, 3.63) is 35.4 Å². The van der Waals surface area contributed by atoms with Gasteiger partial charge in [-0.15, -0.1) is 0 Å². The molecule has 3 N–H and O–H groups in total. The molecule has 6 nitrogen and oxygen atoms in total.